The highest BCUT2D eigenvalue weighted by Gasteiger charge is 2.13. The van der Waals surface area contributed by atoms with Gasteiger partial charge < -0.3 is 19.5 Å². The lowest BCUT2D eigenvalue weighted by Crippen LogP contribution is -2.29. The molecular formula is C47H93NO4. The van der Waals surface area contributed by atoms with Crippen LogP contribution in [0.5, 0.6) is 0 Å². The average molecular weight is 736 g/mol. The molecule has 0 rings (SSSR count). The lowest BCUT2D eigenvalue weighted by Gasteiger charge is -2.21. The molecule has 0 amide bonds. The Labute approximate surface area is 326 Å². The van der Waals surface area contributed by atoms with Crippen molar-refractivity contribution in [2.24, 2.45) is 11.8 Å². The first-order chi connectivity index (χ1) is 25.5. The van der Waals surface area contributed by atoms with E-state index in [1.165, 1.54) is 154 Å². The van der Waals surface area contributed by atoms with Gasteiger partial charge in [-0.3, -0.25) is 4.79 Å². The van der Waals surface area contributed by atoms with Crippen LogP contribution >= 0.6 is 0 Å². The Morgan fingerprint density at radius 2 is 0.846 bits per heavy atom. The second-order valence-electron chi connectivity index (χ2n) is 16.3. The molecule has 5 nitrogen and oxygen atoms in total. The zero-order chi connectivity index (χ0) is 38.2. The van der Waals surface area contributed by atoms with Gasteiger partial charge in [0.05, 0.1) is 25.6 Å². The average Bonchev–Trinajstić information content (AvgIpc) is 3.14. The quantitative estimate of drug-likeness (QED) is 0.0384. The third-order valence-corrected chi connectivity index (χ3v) is 11.1. The summed E-state index contributed by atoms with van der Waals surface area (Å²) in [5, 5.41) is 9.63. The molecule has 0 heterocycles. The summed E-state index contributed by atoms with van der Waals surface area (Å²) in [6.45, 7) is 17.8. The van der Waals surface area contributed by atoms with Crippen LogP contribution in [0.25, 0.3) is 0 Å². The summed E-state index contributed by atoms with van der Waals surface area (Å²) in [6.07, 6.45) is 39.5. The summed E-state index contributed by atoms with van der Waals surface area (Å²) >= 11 is 0. The number of nitrogens with zero attached hydrogens (tertiary/aromatic N) is 1. The molecule has 0 aliphatic carbocycles. The van der Waals surface area contributed by atoms with Gasteiger partial charge in [-0.2, -0.15) is 0 Å². The molecule has 0 aliphatic rings. The fourth-order valence-electron chi connectivity index (χ4n) is 7.45. The molecule has 52 heavy (non-hydrogen) atoms. The molecule has 0 bridgehead atoms. The predicted octanol–water partition coefficient (Wildman–Crippen LogP) is 14.1. The van der Waals surface area contributed by atoms with E-state index in [-0.39, 0.29) is 12.6 Å². The summed E-state index contributed by atoms with van der Waals surface area (Å²) in [5.74, 6) is 2.16. The van der Waals surface area contributed by atoms with Crippen LogP contribution in [0.1, 0.15) is 233 Å². The molecule has 2 unspecified atom stereocenters. The zero-order valence-corrected chi connectivity index (χ0v) is 35.9. The van der Waals surface area contributed by atoms with Gasteiger partial charge in [-0.15, -0.1) is 0 Å². The van der Waals surface area contributed by atoms with Crippen LogP contribution in [-0.4, -0.2) is 55.4 Å². The predicted molar refractivity (Wildman–Crippen MR) is 227 cm³/mol. The number of carbonyl (C=O) groups is 1. The number of aliphatic hydroxyl groups excluding tert-OH is 1. The number of carbonyl (C=O) groups excluding carboxylic acids is 1. The molecule has 0 radical (unpaired) electrons. The van der Waals surface area contributed by atoms with Crippen molar-refractivity contribution in [3.63, 3.8) is 0 Å². The van der Waals surface area contributed by atoms with Crippen molar-refractivity contribution in [3.8, 4) is 0 Å². The Hall–Kier alpha value is -1.07. The molecule has 0 aromatic heterocycles. The highest BCUT2D eigenvalue weighted by atomic mass is 16.5. The molecule has 0 aromatic carbocycles. The first kappa shape index (κ1) is 50.9. The molecule has 0 saturated carbocycles. The summed E-state index contributed by atoms with van der Waals surface area (Å²) in [4.78, 5) is 15.0. The molecule has 0 spiro atoms. The SMILES string of the molecule is C=C(CCCCCN(CCO)CCCCCC(=O)OCC(CCCCCC)CCCCCCCC)OCC(CCCCCC)CCCCCCCC. The Kier molecular flexibility index (Phi) is 40.3. The molecule has 310 valence electrons. The Bertz CT molecular complexity index is 685. The molecule has 0 aromatic rings. The van der Waals surface area contributed by atoms with Crippen LogP contribution in [-0.2, 0) is 14.3 Å². The monoisotopic (exact) mass is 736 g/mol. The largest absolute Gasteiger partial charge is 0.498 e. The maximum Gasteiger partial charge on any atom is 0.305 e. The van der Waals surface area contributed by atoms with Gasteiger partial charge in [-0.1, -0.05) is 176 Å². The Morgan fingerprint density at radius 3 is 1.29 bits per heavy atom. The number of hydrogen-bond acceptors (Lipinski definition) is 5. The second-order valence-corrected chi connectivity index (χ2v) is 16.3. The first-order valence-corrected chi connectivity index (χ1v) is 23.3. The Morgan fingerprint density at radius 1 is 0.481 bits per heavy atom. The smallest absolute Gasteiger partial charge is 0.305 e. The van der Waals surface area contributed by atoms with E-state index >= 15 is 0 Å². The number of hydrogen-bond donors (Lipinski definition) is 1. The van der Waals surface area contributed by atoms with E-state index in [0.29, 0.717) is 24.9 Å². The van der Waals surface area contributed by atoms with Crippen molar-refractivity contribution < 1.29 is 19.4 Å². The van der Waals surface area contributed by atoms with Crippen molar-refractivity contribution in [2.45, 2.75) is 233 Å². The van der Waals surface area contributed by atoms with Crippen LogP contribution in [0, 0.1) is 11.8 Å². The molecule has 0 aliphatic heterocycles. The fraction of sp³-hybridized carbons (Fsp3) is 0.936. The Balaban J connectivity index is 4.22. The van der Waals surface area contributed by atoms with E-state index in [0.717, 1.165) is 76.9 Å². The van der Waals surface area contributed by atoms with Crippen molar-refractivity contribution >= 4 is 5.97 Å². The van der Waals surface area contributed by atoms with Gasteiger partial charge in [-0.05, 0) is 76.3 Å². The minimum atomic E-state index is -0.0143. The summed E-state index contributed by atoms with van der Waals surface area (Å²) in [6, 6.07) is 0. The number of allylic oxidation sites excluding steroid dienone is 1. The van der Waals surface area contributed by atoms with Crippen LogP contribution < -0.4 is 0 Å². The molecule has 1 N–H and O–H groups in total. The molecular weight excluding hydrogens is 643 g/mol. The normalized spacial score (nSPS) is 12.7. The van der Waals surface area contributed by atoms with Gasteiger partial charge in [-0.25, -0.2) is 0 Å². The lowest BCUT2D eigenvalue weighted by molar-refractivity contribution is -0.145. The topological polar surface area (TPSA) is 59.0 Å². The van der Waals surface area contributed by atoms with Gasteiger partial charge in [0.2, 0.25) is 0 Å². The third-order valence-electron chi connectivity index (χ3n) is 11.1. The second kappa shape index (κ2) is 41.1. The number of unbranched alkanes of at least 4 members (excludes halogenated alkanes) is 20. The van der Waals surface area contributed by atoms with Crippen molar-refractivity contribution in [2.75, 3.05) is 39.5 Å². The molecule has 0 saturated heterocycles. The summed E-state index contributed by atoms with van der Waals surface area (Å²) in [7, 11) is 0. The minimum absolute atomic E-state index is 0.0143. The van der Waals surface area contributed by atoms with E-state index in [1.807, 2.05) is 0 Å². The summed E-state index contributed by atoms with van der Waals surface area (Å²) in [5.41, 5.74) is 0. The number of aliphatic hydroxyl groups is 1. The van der Waals surface area contributed by atoms with E-state index in [4.69, 9.17) is 9.47 Å². The van der Waals surface area contributed by atoms with Gasteiger partial charge in [0.25, 0.3) is 0 Å². The minimum Gasteiger partial charge on any atom is -0.498 e. The van der Waals surface area contributed by atoms with Gasteiger partial charge in [0, 0.05) is 19.4 Å². The van der Waals surface area contributed by atoms with Gasteiger partial charge in [0.1, 0.15) is 0 Å². The van der Waals surface area contributed by atoms with Crippen LogP contribution in [0.15, 0.2) is 12.3 Å². The highest BCUT2D eigenvalue weighted by molar-refractivity contribution is 5.69. The standard InChI is InChI=1S/C47H93NO4/c1-6-10-14-18-20-27-35-45(33-25-16-12-8-3)42-51-44(5)32-24-22-30-38-48(40-41-49)39-31-23-29-37-47(50)52-43-46(34-26-17-13-9-4)36-28-21-19-15-11-7-2/h45-46,49H,5-43H2,1-4H3. The fourth-order valence-corrected chi connectivity index (χ4v) is 7.45. The van der Waals surface area contributed by atoms with Gasteiger partial charge >= 0.3 is 5.97 Å². The van der Waals surface area contributed by atoms with Crippen LogP contribution in [0.3, 0.4) is 0 Å². The van der Waals surface area contributed by atoms with Crippen molar-refractivity contribution in [1.29, 1.82) is 0 Å². The third kappa shape index (κ3) is 35.9. The van der Waals surface area contributed by atoms with Crippen LogP contribution in [0.2, 0.25) is 0 Å². The lowest BCUT2D eigenvalue weighted by atomic mass is 9.95. The summed E-state index contributed by atoms with van der Waals surface area (Å²) < 4.78 is 12.0. The number of ether oxygens (including phenoxy) is 2. The van der Waals surface area contributed by atoms with Crippen LogP contribution in [0.4, 0.5) is 0 Å². The first-order valence-electron chi connectivity index (χ1n) is 23.3. The molecule has 5 heteroatoms. The highest BCUT2D eigenvalue weighted by Crippen LogP contribution is 2.22. The van der Waals surface area contributed by atoms with Gasteiger partial charge in [0.15, 0.2) is 0 Å². The maximum absolute atomic E-state index is 12.6. The zero-order valence-electron chi connectivity index (χ0n) is 35.9. The van der Waals surface area contributed by atoms with E-state index < -0.39 is 0 Å². The number of rotatable bonds is 43. The van der Waals surface area contributed by atoms with Crippen molar-refractivity contribution in [1.82, 2.24) is 4.90 Å². The van der Waals surface area contributed by atoms with E-state index in [9.17, 15) is 9.90 Å². The van der Waals surface area contributed by atoms with E-state index in [2.05, 4.69) is 39.2 Å². The maximum atomic E-state index is 12.6. The van der Waals surface area contributed by atoms with E-state index in [1.54, 1.807) is 0 Å². The number of esters is 1. The molecule has 0 fully saturated rings. The van der Waals surface area contributed by atoms with Crippen molar-refractivity contribution in [3.05, 3.63) is 12.3 Å². The molecule has 2 atom stereocenters.